The number of carbonyl (C=O) groups is 2. The lowest BCUT2D eigenvalue weighted by atomic mass is 9.64. The first-order valence-electron chi connectivity index (χ1n) is 6.00. The summed E-state index contributed by atoms with van der Waals surface area (Å²) in [5.74, 6) is 0.0635. The minimum atomic E-state index is -0.225. The van der Waals surface area contributed by atoms with Gasteiger partial charge in [0.1, 0.15) is 5.78 Å². The molecule has 1 rings (SSSR count). The lowest BCUT2D eigenvalue weighted by Crippen LogP contribution is -2.31. The first-order chi connectivity index (χ1) is 7.73. The second-order valence-electron chi connectivity index (χ2n) is 5.79. The zero-order valence-electron chi connectivity index (χ0n) is 11.3. The van der Waals surface area contributed by atoms with Gasteiger partial charge < -0.3 is 4.74 Å². The molecule has 17 heavy (non-hydrogen) atoms. The molecule has 0 bridgehead atoms. The maximum absolute atomic E-state index is 11.6. The molecule has 0 heterocycles. The quantitative estimate of drug-likeness (QED) is 0.558. The molecule has 0 radical (unpaired) electrons. The van der Waals surface area contributed by atoms with E-state index in [0.29, 0.717) is 25.7 Å². The predicted octanol–water partition coefficient (Wildman–Crippen LogP) is 2.89. The third kappa shape index (κ3) is 2.59. The molecule has 1 saturated carbocycles. The van der Waals surface area contributed by atoms with Crippen LogP contribution in [-0.2, 0) is 14.3 Å². The average Bonchev–Trinajstić information content (AvgIpc) is 2.44. The molecule has 3 heteroatoms. The van der Waals surface area contributed by atoms with E-state index in [1.165, 1.54) is 7.11 Å². The minimum Gasteiger partial charge on any atom is -0.469 e. The van der Waals surface area contributed by atoms with E-state index in [9.17, 15) is 9.59 Å². The average molecular weight is 238 g/mol. The number of Topliss-reactive ketones (excluding diaryl/α,β-unsaturated/α-hetero) is 1. The molecule has 0 aromatic rings. The molecule has 0 aromatic carbocycles. The summed E-state index contributed by atoms with van der Waals surface area (Å²) in [5.41, 5.74) is 0.716. The van der Waals surface area contributed by atoms with Crippen LogP contribution >= 0.6 is 0 Å². The lowest BCUT2D eigenvalue weighted by Gasteiger charge is -2.39. The number of hydrogen-bond acceptors (Lipinski definition) is 3. The summed E-state index contributed by atoms with van der Waals surface area (Å²) < 4.78 is 4.62. The third-order valence-corrected chi connectivity index (χ3v) is 4.32. The van der Waals surface area contributed by atoms with Crippen LogP contribution in [0.25, 0.3) is 0 Å². The van der Waals surface area contributed by atoms with Crippen molar-refractivity contribution in [1.82, 2.24) is 0 Å². The number of ether oxygens (including phenoxy) is 1. The van der Waals surface area contributed by atoms with Crippen LogP contribution in [0.1, 0.15) is 46.5 Å². The van der Waals surface area contributed by atoms with Crippen LogP contribution in [0.15, 0.2) is 12.2 Å². The van der Waals surface area contributed by atoms with Gasteiger partial charge in [-0.1, -0.05) is 32.9 Å². The molecule has 0 N–H and O–H groups in total. The Morgan fingerprint density at radius 1 is 1.29 bits per heavy atom. The summed E-state index contributed by atoms with van der Waals surface area (Å²) >= 11 is 0. The fourth-order valence-electron chi connectivity index (χ4n) is 2.62. The minimum absolute atomic E-state index is 0.0721. The molecule has 1 fully saturated rings. The summed E-state index contributed by atoms with van der Waals surface area (Å²) in [5, 5.41) is 0. The summed E-state index contributed by atoms with van der Waals surface area (Å²) in [4.78, 5) is 22.8. The van der Waals surface area contributed by atoms with Crippen molar-refractivity contribution in [3.63, 3.8) is 0 Å². The van der Waals surface area contributed by atoms with Gasteiger partial charge in [0.25, 0.3) is 0 Å². The van der Waals surface area contributed by atoms with Gasteiger partial charge in [-0.05, 0) is 11.8 Å². The largest absolute Gasteiger partial charge is 0.469 e. The Balaban J connectivity index is 2.74. The topological polar surface area (TPSA) is 43.4 Å². The van der Waals surface area contributed by atoms with Gasteiger partial charge in [-0.3, -0.25) is 9.59 Å². The lowest BCUT2D eigenvalue weighted by molar-refractivity contribution is -0.140. The van der Waals surface area contributed by atoms with Gasteiger partial charge in [-0.15, -0.1) is 0 Å². The van der Waals surface area contributed by atoms with Gasteiger partial charge in [0.05, 0.1) is 7.11 Å². The number of esters is 1. The van der Waals surface area contributed by atoms with Gasteiger partial charge in [0.15, 0.2) is 0 Å². The highest BCUT2D eigenvalue weighted by atomic mass is 16.5. The zero-order valence-corrected chi connectivity index (χ0v) is 11.3. The number of hydrogen-bond donors (Lipinski definition) is 0. The van der Waals surface area contributed by atoms with Crippen LogP contribution in [0, 0.1) is 10.8 Å². The Labute approximate surface area is 103 Å². The van der Waals surface area contributed by atoms with Crippen molar-refractivity contribution in [2.75, 3.05) is 7.11 Å². The molecule has 0 saturated heterocycles. The SMILES string of the molecule is C=C(CCC(=O)OC)C1(C)CC(=O)CC1(C)C. The fourth-order valence-corrected chi connectivity index (χ4v) is 2.62. The number of rotatable bonds is 4. The van der Waals surface area contributed by atoms with Crippen molar-refractivity contribution in [1.29, 1.82) is 0 Å². The summed E-state index contributed by atoms with van der Waals surface area (Å²) in [6.07, 6.45) is 2.08. The number of ketones is 1. The van der Waals surface area contributed by atoms with Crippen molar-refractivity contribution in [2.24, 2.45) is 10.8 Å². The van der Waals surface area contributed by atoms with Crippen molar-refractivity contribution in [3.8, 4) is 0 Å². The number of carbonyl (C=O) groups excluding carboxylic acids is 2. The second-order valence-corrected chi connectivity index (χ2v) is 5.79. The Morgan fingerprint density at radius 3 is 2.29 bits per heavy atom. The van der Waals surface area contributed by atoms with Gasteiger partial charge >= 0.3 is 5.97 Å². The molecule has 0 aliphatic heterocycles. The Kier molecular flexibility index (Phi) is 3.80. The summed E-state index contributed by atoms with van der Waals surface area (Å²) in [6.45, 7) is 10.4. The molecule has 3 nitrogen and oxygen atoms in total. The molecule has 1 aliphatic rings. The van der Waals surface area contributed by atoms with E-state index in [-0.39, 0.29) is 22.6 Å². The van der Waals surface area contributed by atoms with Crippen LogP contribution in [0.4, 0.5) is 0 Å². The van der Waals surface area contributed by atoms with Gasteiger partial charge in [0.2, 0.25) is 0 Å². The third-order valence-electron chi connectivity index (χ3n) is 4.32. The van der Waals surface area contributed by atoms with E-state index in [4.69, 9.17) is 0 Å². The maximum Gasteiger partial charge on any atom is 0.305 e. The van der Waals surface area contributed by atoms with Crippen molar-refractivity contribution < 1.29 is 14.3 Å². The van der Waals surface area contributed by atoms with E-state index in [0.717, 1.165) is 5.57 Å². The van der Waals surface area contributed by atoms with Crippen LogP contribution in [0.3, 0.4) is 0 Å². The summed E-state index contributed by atoms with van der Waals surface area (Å²) in [7, 11) is 1.38. The molecule has 0 spiro atoms. The molecule has 96 valence electrons. The first-order valence-corrected chi connectivity index (χ1v) is 6.00. The molecule has 0 amide bonds. The van der Waals surface area contributed by atoms with E-state index >= 15 is 0 Å². The van der Waals surface area contributed by atoms with Gasteiger partial charge in [0, 0.05) is 24.7 Å². The van der Waals surface area contributed by atoms with E-state index in [2.05, 4.69) is 32.1 Å². The number of methoxy groups -OCH3 is 1. The highest BCUT2D eigenvalue weighted by molar-refractivity contribution is 5.83. The van der Waals surface area contributed by atoms with E-state index in [1.807, 2.05) is 0 Å². The van der Waals surface area contributed by atoms with Crippen LogP contribution in [0.5, 0.6) is 0 Å². The van der Waals surface area contributed by atoms with Crippen molar-refractivity contribution >= 4 is 11.8 Å². The smallest absolute Gasteiger partial charge is 0.305 e. The van der Waals surface area contributed by atoms with Crippen molar-refractivity contribution in [3.05, 3.63) is 12.2 Å². The standard InChI is InChI=1S/C14H22O3/c1-10(6-7-12(16)17-5)14(4)9-11(15)8-13(14,2)3/h1,6-9H2,2-5H3. The zero-order chi connectivity index (χ0) is 13.3. The highest BCUT2D eigenvalue weighted by Gasteiger charge is 2.50. The van der Waals surface area contributed by atoms with Crippen LogP contribution in [0.2, 0.25) is 0 Å². The second kappa shape index (κ2) is 4.63. The molecule has 1 atom stereocenters. The van der Waals surface area contributed by atoms with Crippen LogP contribution in [-0.4, -0.2) is 18.9 Å². The molecular formula is C14H22O3. The molecule has 1 aliphatic carbocycles. The van der Waals surface area contributed by atoms with Crippen LogP contribution < -0.4 is 0 Å². The first kappa shape index (κ1) is 13.9. The molecule has 0 aromatic heterocycles. The van der Waals surface area contributed by atoms with E-state index < -0.39 is 0 Å². The highest BCUT2D eigenvalue weighted by Crippen LogP contribution is 2.55. The number of allylic oxidation sites excluding steroid dienone is 1. The maximum atomic E-state index is 11.6. The Hall–Kier alpha value is -1.12. The van der Waals surface area contributed by atoms with Gasteiger partial charge in [-0.2, -0.15) is 0 Å². The normalized spacial score (nSPS) is 26.9. The van der Waals surface area contributed by atoms with E-state index in [1.54, 1.807) is 0 Å². The molecule has 1 unspecified atom stereocenters. The van der Waals surface area contributed by atoms with Gasteiger partial charge in [-0.25, -0.2) is 0 Å². The molecular weight excluding hydrogens is 216 g/mol. The predicted molar refractivity (Wildman–Crippen MR) is 66.5 cm³/mol. The Morgan fingerprint density at radius 2 is 1.88 bits per heavy atom. The monoisotopic (exact) mass is 238 g/mol. The Bertz CT molecular complexity index is 354. The van der Waals surface area contributed by atoms with Crippen molar-refractivity contribution in [2.45, 2.75) is 46.5 Å². The summed E-state index contributed by atoms with van der Waals surface area (Å²) in [6, 6.07) is 0. The fraction of sp³-hybridized carbons (Fsp3) is 0.714.